The fraction of sp³-hybridized carbons (Fsp3) is 0.250. The third kappa shape index (κ3) is 4.88. The van der Waals surface area contributed by atoms with E-state index >= 15 is 0 Å². The second-order valence-corrected chi connectivity index (χ2v) is 8.46. The maximum Gasteiger partial charge on any atom is 0.412 e. The van der Waals surface area contributed by atoms with E-state index in [-0.39, 0.29) is 16.8 Å². The molecule has 2 N–H and O–H groups in total. The van der Waals surface area contributed by atoms with Crippen LogP contribution in [0.15, 0.2) is 54.6 Å². The molecular formula is C24H24ClN4O4-. The van der Waals surface area contributed by atoms with Gasteiger partial charge in [0.25, 0.3) is 0 Å². The lowest BCUT2D eigenvalue weighted by atomic mass is 9.96. The SMILES string of the molecule is Cc1ccc(-n2nc(C)c(C3C=CC(OC(=O)Nc4cccc(N([O-])O)c4)C3)c2C)cc1Cl. The molecule has 2 atom stereocenters. The number of aromatic nitrogens is 2. The molecule has 1 aliphatic rings. The molecular weight excluding hydrogens is 444 g/mol. The topological polar surface area (TPSA) is 103 Å². The van der Waals surface area contributed by atoms with Crippen LogP contribution in [0.1, 0.15) is 34.9 Å². The number of carbonyl (C=O) groups excluding carboxylic acids is 1. The number of carbonyl (C=O) groups is 1. The van der Waals surface area contributed by atoms with Gasteiger partial charge in [-0.1, -0.05) is 29.8 Å². The number of ether oxygens (including phenoxy) is 1. The average Bonchev–Trinajstić information content (AvgIpc) is 3.33. The molecule has 1 heterocycles. The van der Waals surface area contributed by atoms with Crippen molar-refractivity contribution in [2.24, 2.45) is 0 Å². The van der Waals surface area contributed by atoms with E-state index in [1.165, 1.54) is 12.1 Å². The quantitative estimate of drug-likeness (QED) is 0.363. The van der Waals surface area contributed by atoms with Crippen molar-refractivity contribution in [3.8, 4) is 5.69 Å². The molecule has 1 aromatic heterocycles. The van der Waals surface area contributed by atoms with E-state index in [0.717, 1.165) is 28.2 Å². The lowest BCUT2D eigenvalue weighted by Gasteiger charge is -2.22. The molecule has 4 rings (SSSR count). The molecule has 0 bridgehead atoms. The third-order valence-electron chi connectivity index (χ3n) is 5.73. The van der Waals surface area contributed by atoms with Gasteiger partial charge in [0, 0.05) is 27.9 Å². The number of benzene rings is 2. The van der Waals surface area contributed by atoms with Crippen LogP contribution in [0.25, 0.3) is 5.69 Å². The van der Waals surface area contributed by atoms with Crippen molar-refractivity contribution < 1.29 is 14.7 Å². The number of nitrogens with one attached hydrogen (secondary N) is 1. The Bertz CT molecular complexity index is 1220. The van der Waals surface area contributed by atoms with Crippen molar-refractivity contribution in [2.45, 2.75) is 39.2 Å². The molecule has 0 fully saturated rings. The minimum absolute atomic E-state index is 0.00597. The molecule has 9 heteroatoms. The summed E-state index contributed by atoms with van der Waals surface area (Å²) in [5.41, 5.74) is 5.27. The predicted molar refractivity (Wildman–Crippen MR) is 127 cm³/mol. The van der Waals surface area contributed by atoms with Gasteiger partial charge in [-0.25, -0.2) is 9.48 Å². The van der Waals surface area contributed by atoms with Gasteiger partial charge in [-0.2, -0.15) is 5.10 Å². The summed E-state index contributed by atoms with van der Waals surface area (Å²) in [6, 6.07) is 11.8. The standard InChI is InChI=1S/C24H24ClN4O4/c1-14-7-9-19(13-22(14)25)28-16(3)23(15(2)27-28)17-8-10-21(11-17)33-24(30)26-18-5-4-6-20(12-18)29(31)32/h4-10,12-13,17,21,31H,11H2,1-3H3,(H,26,30)/q-1. The van der Waals surface area contributed by atoms with Gasteiger partial charge in [0.2, 0.25) is 0 Å². The van der Waals surface area contributed by atoms with E-state index in [0.29, 0.717) is 17.1 Å². The highest BCUT2D eigenvalue weighted by Crippen LogP contribution is 2.35. The highest BCUT2D eigenvalue weighted by atomic mass is 35.5. The molecule has 3 aromatic rings. The molecule has 8 nitrogen and oxygen atoms in total. The molecule has 0 radical (unpaired) electrons. The normalized spacial score (nSPS) is 17.3. The van der Waals surface area contributed by atoms with Gasteiger partial charge < -0.3 is 15.2 Å². The summed E-state index contributed by atoms with van der Waals surface area (Å²) in [7, 11) is 0. The number of anilines is 2. The molecule has 0 saturated heterocycles. The van der Waals surface area contributed by atoms with Gasteiger partial charge in [-0.05, 0) is 69.2 Å². The van der Waals surface area contributed by atoms with Gasteiger partial charge in [0.05, 0.1) is 17.1 Å². The van der Waals surface area contributed by atoms with Crippen molar-refractivity contribution in [1.82, 2.24) is 9.78 Å². The first-order chi connectivity index (χ1) is 15.7. The third-order valence-corrected chi connectivity index (χ3v) is 6.14. The van der Waals surface area contributed by atoms with Crippen LogP contribution in [0, 0.1) is 26.0 Å². The zero-order valence-corrected chi connectivity index (χ0v) is 19.2. The monoisotopic (exact) mass is 467 g/mol. The second kappa shape index (κ2) is 9.27. The van der Waals surface area contributed by atoms with Crippen LogP contribution in [0.2, 0.25) is 5.02 Å². The van der Waals surface area contributed by atoms with Gasteiger partial charge in [-0.15, -0.1) is 0 Å². The summed E-state index contributed by atoms with van der Waals surface area (Å²) in [4.78, 5) is 12.3. The fourth-order valence-electron chi connectivity index (χ4n) is 4.11. The number of aryl methyl sites for hydroxylation is 2. The van der Waals surface area contributed by atoms with Crippen LogP contribution in [0.4, 0.5) is 16.2 Å². The Morgan fingerprint density at radius 3 is 2.76 bits per heavy atom. The molecule has 0 aliphatic heterocycles. The zero-order chi connectivity index (χ0) is 23.7. The maximum atomic E-state index is 12.3. The van der Waals surface area contributed by atoms with E-state index in [2.05, 4.69) is 5.32 Å². The van der Waals surface area contributed by atoms with E-state index in [9.17, 15) is 10.0 Å². The Morgan fingerprint density at radius 1 is 1.24 bits per heavy atom. The maximum absolute atomic E-state index is 12.3. The van der Waals surface area contributed by atoms with Crippen LogP contribution < -0.4 is 10.5 Å². The Hall–Kier alpha value is -3.33. The average molecular weight is 468 g/mol. The highest BCUT2D eigenvalue weighted by molar-refractivity contribution is 6.31. The Balaban J connectivity index is 1.43. The predicted octanol–water partition coefficient (Wildman–Crippen LogP) is 5.81. The number of hydrogen-bond donors (Lipinski definition) is 2. The molecule has 2 aromatic carbocycles. The number of rotatable bonds is 5. The summed E-state index contributed by atoms with van der Waals surface area (Å²) < 4.78 is 7.42. The van der Waals surface area contributed by atoms with E-state index in [1.54, 1.807) is 12.1 Å². The van der Waals surface area contributed by atoms with Crippen molar-refractivity contribution >= 4 is 29.1 Å². The van der Waals surface area contributed by atoms with Gasteiger partial charge in [-0.3, -0.25) is 10.5 Å². The van der Waals surface area contributed by atoms with E-state index in [1.807, 2.05) is 55.8 Å². The summed E-state index contributed by atoms with van der Waals surface area (Å²) in [6.45, 7) is 5.95. The van der Waals surface area contributed by atoms with Crippen LogP contribution in [0.3, 0.4) is 0 Å². The van der Waals surface area contributed by atoms with E-state index < -0.39 is 12.2 Å². The Kier molecular flexibility index (Phi) is 6.42. The lowest BCUT2D eigenvalue weighted by molar-refractivity contribution is 0.132. The molecule has 172 valence electrons. The molecule has 1 aliphatic carbocycles. The molecule has 0 saturated carbocycles. The minimum Gasteiger partial charge on any atom is -0.733 e. The largest absolute Gasteiger partial charge is 0.733 e. The van der Waals surface area contributed by atoms with Crippen LogP contribution in [-0.2, 0) is 4.74 Å². The first kappa shape index (κ1) is 22.8. The van der Waals surface area contributed by atoms with Crippen molar-refractivity contribution in [3.63, 3.8) is 0 Å². The summed E-state index contributed by atoms with van der Waals surface area (Å²) >= 11 is 6.30. The van der Waals surface area contributed by atoms with E-state index in [4.69, 9.17) is 26.6 Å². The van der Waals surface area contributed by atoms with Crippen molar-refractivity contribution in [1.29, 1.82) is 0 Å². The minimum atomic E-state index is -0.642. The summed E-state index contributed by atoms with van der Waals surface area (Å²) in [6.07, 6.45) is 3.45. The van der Waals surface area contributed by atoms with Gasteiger partial charge in [0.15, 0.2) is 0 Å². The number of allylic oxidation sites excluding steroid dienone is 1. The lowest BCUT2D eigenvalue weighted by Crippen LogP contribution is -2.20. The molecule has 2 unspecified atom stereocenters. The number of amides is 1. The zero-order valence-electron chi connectivity index (χ0n) is 18.4. The number of nitrogens with zero attached hydrogens (tertiary/aromatic N) is 3. The van der Waals surface area contributed by atoms with Crippen molar-refractivity contribution in [2.75, 3.05) is 10.5 Å². The van der Waals surface area contributed by atoms with Crippen LogP contribution in [0.5, 0.6) is 0 Å². The molecule has 33 heavy (non-hydrogen) atoms. The highest BCUT2D eigenvalue weighted by Gasteiger charge is 2.28. The fourth-order valence-corrected chi connectivity index (χ4v) is 4.29. The Labute approximate surface area is 196 Å². The van der Waals surface area contributed by atoms with Crippen LogP contribution in [-0.4, -0.2) is 27.2 Å². The number of halogens is 1. The number of hydrogen-bond acceptors (Lipinski definition) is 6. The summed E-state index contributed by atoms with van der Waals surface area (Å²) in [5, 5.41) is 27.7. The first-order valence-corrected chi connectivity index (χ1v) is 10.9. The second-order valence-electron chi connectivity index (χ2n) is 8.05. The molecule has 1 amide bonds. The molecule has 0 spiro atoms. The van der Waals surface area contributed by atoms with Gasteiger partial charge in [0.1, 0.15) is 6.10 Å². The smallest absolute Gasteiger partial charge is 0.412 e. The van der Waals surface area contributed by atoms with Crippen LogP contribution >= 0.6 is 11.6 Å². The van der Waals surface area contributed by atoms with Crippen molar-refractivity contribution in [3.05, 3.63) is 87.4 Å². The first-order valence-electron chi connectivity index (χ1n) is 10.5. The summed E-state index contributed by atoms with van der Waals surface area (Å²) in [5.74, 6) is 0.0595. The Morgan fingerprint density at radius 2 is 2.03 bits per heavy atom. The van der Waals surface area contributed by atoms with Gasteiger partial charge >= 0.3 is 6.09 Å².